The van der Waals surface area contributed by atoms with Crippen molar-refractivity contribution in [3.05, 3.63) is 49.1 Å². The van der Waals surface area contributed by atoms with Crippen LogP contribution < -0.4 is 9.46 Å². The van der Waals surface area contributed by atoms with Gasteiger partial charge in [-0.25, -0.2) is 17.9 Å². The van der Waals surface area contributed by atoms with Gasteiger partial charge in [0.1, 0.15) is 10.6 Å². The van der Waals surface area contributed by atoms with E-state index in [4.69, 9.17) is 9.47 Å². The fourth-order valence-corrected chi connectivity index (χ4v) is 3.73. The fraction of sp³-hybridized carbons (Fsp3) is 0.368. The molecule has 9 heteroatoms. The normalized spacial score (nSPS) is 11.0. The van der Waals surface area contributed by atoms with Crippen LogP contribution in [-0.2, 0) is 19.6 Å². The molecular formula is C19H26N2O6S. The molecule has 0 atom stereocenters. The highest BCUT2D eigenvalue weighted by molar-refractivity contribution is 7.89. The number of methoxy groups -OCH3 is 1. The molecule has 1 rings (SSSR count). The monoisotopic (exact) mass is 410 g/mol. The van der Waals surface area contributed by atoms with Gasteiger partial charge in [0.25, 0.3) is 5.91 Å². The van der Waals surface area contributed by atoms with Crippen molar-refractivity contribution in [1.29, 1.82) is 0 Å². The molecule has 0 aliphatic heterocycles. The quantitative estimate of drug-likeness (QED) is 0.440. The zero-order valence-electron chi connectivity index (χ0n) is 16.3. The molecule has 1 N–H and O–H groups in total. The number of hydrogen-bond acceptors (Lipinski definition) is 6. The summed E-state index contributed by atoms with van der Waals surface area (Å²) in [5.74, 6) is -1.16. The third-order valence-corrected chi connectivity index (χ3v) is 5.14. The highest BCUT2D eigenvalue weighted by atomic mass is 32.2. The molecule has 0 saturated carbocycles. The van der Waals surface area contributed by atoms with Gasteiger partial charge < -0.3 is 14.4 Å². The Kier molecular flexibility index (Phi) is 8.87. The van der Waals surface area contributed by atoms with Crippen LogP contribution in [0, 0.1) is 0 Å². The number of esters is 1. The third-order valence-electron chi connectivity index (χ3n) is 3.46. The molecular weight excluding hydrogens is 384 g/mol. The lowest BCUT2D eigenvalue weighted by molar-refractivity contribution is -0.133. The Bertz CT molecular complexity index is 823. The molecule has 0 aliphatic rings. The van der Waals surface area contributed by atoms with Crippen molar-refractivity contribution < 1.29 is 27.5 Å². The fourth-order valence-electron chi connectivity index (χ4n) is 2.28. The first-order valence-electron chi connectivity index (χ1n) is 8.53. The number of carbonyl (C=O) groups is 2. The van der Waals surface area contributed by atoms with Crippen LogP contribution in [0.5, 0.6) is 5.75 Å². The van der Waals surface area contributed by atoms with Gasteiger partial charge in [-0.1, -0.05) is 12.2 Å². The minimum absolute atomic E-state index is 0.0169. The number of sulfonamides is 1. The summed E-state index contributed by atoms with van der Waals surface area (Å²) in [6.07, 6.45) is 3.09. The van der Waals surface area contributed by atoms with Crippen LogP contribution in [0.3, 0.4) is 0 Å². The van der Waals surface area contributed by atoms with Crippen molar-refractivity contribution in [1.82, 2.24) is 9.62 Å². The molecule has 0 aromatic heterocycles. The van der Waals surface area contributed by atoms with E-state index in [1.165, 1.54) is 24.1 Å². The summed E-state index contributed by atoms with van der Waals surface area (Å²) < 4.78 is 37.5. The van der Waals surface area contributed by atoms with Gasteiger partial charge in [0.05, 0.1) is 12.7 Å². The van der Waals surface area contributed by atoms with E-state index in [1.54, 1.807) is 26.0 Å². The Morgan fingerprint density at radius 1 is 1.21 bits per heavy atom. The molecule has 0 fully saturated rings. The molecule has 0 heterocycles. The second-order valence-electron chi connectivity index (χ2n) is 6.09. The number of carbonyl (C=O) groups excluding carboxylic acids is 2. The topological polar surface area (TPSA) is 102 Å². The highest BCUT2D eigenvalue weighted by Crippen LogP contribution is 2.25. The summed E-state index contributed by atoms with van der Waals surface area (Å²) in [6, 6.07) is 3.53. The van der Waals surface area contributed by atoms with Crippen LogP contribution in [-0.4, -0.2) is 58.0 Å². The molecule has 0 aliphatic carbocycles. The van der Waals surface area contributed by atoms with E-state index >= 15 is 0 Å². The maximum atomic E-state index is 12.5. The minimum atomic E-state index is -3.90. The van der Waals surface area contributed by atoms with Gasteiger partial charge >= 0.3 is 5.97 Å². The highest BCUT2D eigenvalue weighted by Gasteiger charge is 2.23. The van der Waals surface area contributed by atoms with Crippen molar-refractivity contribution in [2.45, 2.75) is 24.8 Å². The Hall–Kier alpha value is -2.65. The summed E-state index contributed by atoms with van der Waals surface area (Å²) in [7, 11) is -2.57. The van der Waals surface area contributed by atoms with Gasteiger partial charge in [-0.2, -0.15) is 0 Å². The zero-order valence-corrected chi connectivity index (χ0v) is 17.1. The maximum absolute atomic E-state index is 12.5. The van der Waals surface area contributed by atoms with Gasteiger partial charge in [0, 0.05) is 19.1 Å². The van der Waals surface area contributed by atoms with Crippen molar-refractivity contribution >= 4 is 21.9 Å². The Balaban J connectivity index is 3.00. The van der Waals surface area contributed by atoms with E-state index in [2.05, 4.69) is 17.9 Å². The molecule has 1 aromatic carbocycles. The number of amides is 1. The molecule has 0 unspecified atom stereocenters. The second kappa shape index (κ2) is 10.6. The SMILES string of the molecule is C=CCN(CC=C)C(=O)COC(=O)c1ccc(OC)c(S(=O)(=O)NC(C)C)c1. The average Bonchev–Trinajstić information content (AvgIpc) is 2.64. The summed E-state index contributed by atoms with van der Waals surface area (Å²) in [5, 5.41) is 0. The van der Waals surface area contributed by atoms with E-state index in [9.17, 15) is 18.0 Å². The number of benzene rings is 1. The molecule has 154 valence electrons. The largest absolute Gasteiger partial charge is 0.495 e. The van der Waals surface area contributed by atoms with Gasteiger partial charge in [-0.15, -0.1) is 13.2 Å². The lowest BCUT2D eigenvalue weighted by atomic mass is 10.2. The van der Waals surface area contributed by atoms with Crippen LogP contribution in [0.2, 0.25) is 0 Å². The number of rotatable bonds is 11. The lowest BCUT2D eigenvalue weighted by Crippen LogP contribution is -2.35. The van der Waals surface area contributed by atoms with E-state index in [-0.39, 0.29) is 35.3 Å². The Labute approximate surface area is 165 Å². The lowest BCUT2D eigenvalue weighted by Gasteiger charge is -2.19. The maximum Gasteiger partial charge on any atom is 0.338 e. The average molecular weight is 410 g/mol. The van der Waals surface area contributed by atoms with Crippen molar-refractivity contribution in [2.75, 3.05) is 26.8 Å². The van der Waals surface area contributed by atoms with Gasteiger partial charge in [-0.05, 0) is 32.0 Å². The third kappa shape index (κ3) is 6.50. The summed E-state index contributed by atoms with van der Waals surface area (Å²) >= 11 is 0. The van der Waals surface area contributed by atoms with E-state index < -0.39 is 28.5 Å². The summed E-state index contributed by atoms with van der Waals surface area (Å²) in [4.78, 5) is 25.6. The van der Waals surface area contributed by atoms with E-state index in [0.717, 1.165) is 6.07 Å². The summed E-state index contributed by atoms with van der Waals surface area (Å²) in [6.45, 7) is 10.6. The zero-order chi connectivity index (χ0) is 21.3. The molecule has 0 saturated heterocycles. The predicted molar refractivity (Wildman–Crippen MR) is 106 cm³/mol. The van der Waals surface area contributed by atoms with Gasteiger partial charge in [0.15, 0.2) is 6.61 Å². The number of hydrogen-bond donors (Lipinski definition) is 1. The van der Waals surface area contributed by atoms with Crippen LogP contribution in [0.4, 0.5) is 0 Å². The first-order chi connectivity index (χ1) is 13.2. The molecule has 0 bridgehead atoms. The first kappa shape index (κ1) is 23.4. The summed E-state index contributed by atoms with van der Waals surface area (Å²) in [5.41, 5.74) is -0.0169. The second-order valence-corrected chi connectivity index (χ2v) is 7.78. The van der Waals surface area contributed by atoms with Crippen LogP contribution >= 0.6 is 0 Å². The van der Waals surface area contributed by atoms with E-state index in [1.807, 2.05) is 0 Å². The number of ether oxygens (including phenoxy) is 2. The van der Waals surface area contributed by atoms with Gasteiger partial charge in [-0.3, -0.25) is 4.79 Å². The van der Waals surface area contributed by atoms with Crippen LogP contribution in [0.1, 0.15) is 24.2 Å². The molecule has 8 nitrogen and oxygen atoms in total. The Morgan fingerprint density at radius 3 is 2.32 bits per heavy atom. The van der Waals surface area contributed by atoms with E-state index in [0.29, 0.717) is 0 Å². The molecule has 1 amide bonds. The minimum Gasteiger partial charge on any atom is -0.495 e. The van der Waals surface area contributed by atoms with Gasteiger partial charge in [0.2, 0.25) is 10.0 Å². The standard InChI is InChI=1S/C19H26N2O6S/c1-6-10-21(11-7-2)18(22)13-27-19(23)15-8-9-16(26-5)17(12-15)28(24,25)20-14(3)4/h6-9,12,14,20H,1-2,10-11,13H2,3-5H3. The molecule has 0 spiro atoms. The number of nitrogens with zero attached hydrogens (tertiary/aromatic N) is 1. The van der Waals surface area contributed by atoms with Crippen LogP contribution in [0.15, 0.2) is 48.4 Å². The van der Waals surface area contributed by atoms with Crippen molar-refractivity contribution in [2.24, 2.45) is 0 Å². The number of nitrogens with one attached hydrogen (secondary N) is 1. The predicted octanol–water partition coefficient (Wildman–Crippen LogP) is 1.74. The molecule has 28 heavy (non-hydrogen) atoms. The Morgan fingerprint density at radius 2 is 1.82 bits per heavy atom. The smallest absolute Gasteiger partial charge is 0.338 e. The van der Waals surface area contributed by atoms with Crippen molar-refractivity contribution in [3.8, 4) is 5.75 Å². The van der Waals surface area contributed by atoms with Crippen LogP contribution in [0.25, 0.3) is 0 Å². The first-order valence-corrected chi connectivity index (χ1v) is 10.0. The molecule has 0 radical (unpaired) electrons. The molecule has 1 aromatic rings. The van der Waals surface area contributed by atoms with Crippen molar-refractivity contribution in [3.63, 3.8) is 0 Å².